The van der Waals surface area contributed by atoms with E-state index >= 15 is 0 Å². The average Bonchev–Trinajstić information content (AvgIpc) is 2.46. The van der Waals surface area contributed by atoms with Crippen molar-refractivity contribution in [2.45, 2.75) is 54.5 Å². The number of likely N-dealkylation sites (N-methyl/N-ethyl adjacent to an activating group) is 3. The SMILES string of the molecule is CCN(CC)CCN(CC)C(CN(CC)CC)C(C)C. The summed E-state index contributed by atoms with van der Waals surface area (Å²) < 4.78 is 0. The molecule has 0 fully saturated rings. The summed E-state index contributed by atoms with van der Waals surface area (Å²) in [6, 6.07) is 0.676. The van der Waals surface area contributed by atoms with E-state index in [4.69, 9.17) is 0 Å². The molecule has 0 aromatic carbocycles. The van der Waals surface area contributed by atoms with Crippen LogP contribution in [-0.4, -0.2) is 73.1 Å². The van der Waals surface area contributed by atoms with Crippen molar-refractivity contribution in [1.29, 1.82) is 0 Å². The summed E-state index contributed by atoms with van der Waals surface area (Å²) in [5.41, 5.74) is 0. The van der Waals surface area contributed by atoms with E-state index in [1.807, 2.05) is 0 Å². The fourth-order valence-corrected chi connectivity index (χ4v) is 2.86. The monoisotopic (exact) mass is 285 g/mol. The maximum Gasteiger partial charge on any atom is 0.0246 e. The Morgan fingerprint density at radius 1 is 0.650 bits per heavy atom. The summed E-state index contributed by atoms with van der Waals surface area (Å²) >= 11 is 0. The fraction of sp³-hybridized carbons (Fsp3) is 1.00. The lowest BCUT2D eigenvalue weighted by atomic mass is 10.0. The molecule has 122 valence electrons. The molecule has 0 spiro atoms. The van der Waals surface area contributed by atoms with E-state index in [0.29, 0.717) is 12.0 Å². The van der Waals surface area contributed by atoms with Crippen LogP contribution in [0, 0.1) is 5.92 Å². The van der Waals surface area contributed by atoms with Crippen LogP contribution in [0.3, 0.4) is 0 Å². The summed E-state index contributed by atoms with van der Waals surface area (Å²) in [5, 5.41) is 0. The van der Waals surface area contributed by atoms with E-state index in [1.54, 1.807) is 0 Å². The Morgan fingerprint density at radius 2 is 1.15 bits per heavy atom. The summed E-state index contributed by atoms with van der Waals surface area (Å²) in [6.45, 7) is 25.5. The van der Waals surface area contributed by atoms with Crippen molar-refractivity contribution in [2.24, 2.45) is 5.92 Å². The first kappa shape index (κ1) is 19.9. The second kappa shape index (κ2) is 11.5. The number of hydrogen-bond acceptors (Lipinski definition) is 3. The zero-order chi connectivity index (χ0) is 15.5. The van der Waals surface area contributed by atoms with Crippen molar-refractivity contribution in [2.75, 3.05) is 52.4 Å². The van der Waals surface area contributed by atoms with Crippen LogP contribution < -0.4 is 0 Å². The lowest BCUT2D eigenvalue weighted by Gasteiger charge is -2.38. The standard InChI is InChI=1S/C17H39N3/c1-8-18(9-2)13-14-20(12-5)17(16(6)7)15-19(10-3)11-4/h16-17H,8-15H2,1-7H3. The molecule has 3 nitrogen and oxygen atoms in total. The third-order valence-electron chi connectivity index (χ3n) is 4.58. The van der Waals surface area contributed by atoms with Crippen molar-refractivity contribution < 1.29 is 0 Å². The van der Waals surface area contributed by atoms with E-state index < -0.39 is 0 Å². The molecule has 0 radical (unpaired) electrons. The van der Waals surface area contributed by atoms with Gasteiger partial charge in [0.25, 0.3) is 0 Å². The second-order valence-corrected chi connectivity index (χ2v) is 5.95. The molecule has 0 aromatic heterocycles. The molecule has 0 amide bonds. The summed E-state index contributed by atoms with van der Waals surface area (Å²) in [4.78, 5) is 7.77. The first-order chi connectivity index (χ1) is 9.53. The average molecular weight is 286 g/mol. The third kappa shape index (κ3) is 7.05. The van der Waals surface area contributed by atoms with Crippen LogP contribution in [0.5, 0.6) is 0 Å². The van der Waals surface area contributed by atoms with Crippen molar-refractivity contribution in [3.8, 4) is 0 Å². The Bertz CT molecular complexity index is 210. The van der Waals surface area contributed by atoms with Gasteiger partial charge in [0.15, 0.2) is 0 Å². The van der Waals surface area contributed by atoms with Gasteiger partial charge in [-0.1, -0.05) is 48.5 Å². The molecule has 0 saturated carbocycles. The molecule has 0 N–H and O–H groups in total. The predicted molar refractivity (Wildman–Crippen MR) is 91.4 cm³/mol. The molecule has 20 heavy (non-hydrogen) atoms. The highest BCUT2D eigenvalue weighted by Gasteiger charge is 2.22. The number of hydrogen-bond donors (Lipinski definition) is 0. The Kier molecular flexibility index (Phi) is 11.5. The van der Waals surface area contributed by atoms with E-state index in [2.05, 4.69) is 63.2 Å². The first-order valence-electron chi connectivity index (χ1n) is 8.72. The van der Waals surface area contributed by atoms with Gasteiger partial charge in [-0.3, -0.25) is 4.90 Å². The zero-order valence-corrected chi connectivity index (χ0v) is 15.2. The molecule has 0 aliphatic heterocycles. The first-order valence-corrected chi connectivity index (χ1v) is 8.72. The molecule has 0 heterocycles. The van der Waals surface area contributed by atoms with Crippen LogP contribution in [0.25, 0.3) is 0 Å². The van der Waals surface area contributed by atoms with Gasteiger partial charge in [-0.2, -0.15) is 0 Å². The van der Waals surface area contributed by atoms with Gasteiger partial charge in [0.2, 0.25) is 0 Å². The van der Waals surface area contributed by atoms with Crippen molar-refractivity contribution in [1.82, 2.24) is 14.7 Å². The van der Waals surface area contributed by atoms with Crippen molar-refractivity contribution >= 4 is 0 Å². The minimum atomic E-state index is 0.676. The minimum Gasteiger partial charge on any atom is -0.303 e. The Morgan fingerprint density at radius 3 is 1.50 bits per heavy atom. The molecule has 1 atom stereocenters. The van der Waals surface area contributed by atoms with Crippen LogP contribution in [-0.2, 0) is 0 Å². The maximum absolute atomic E-state index is 2.68. The Balaban J connectivity index is 4.58. The molecule has 0 aliphatic rings. The molecule has 0 rings (SSSR count). The van der Waals surface area contributed by atoms with Gasteiger partial charge >= 0.3 is 0 Å². The topological polar surface area (TPSA) is 9.72 Å². The molecular weight excluding hydrogens is 246 g/mol. The van der Waals surface area contributed by atoms with Crippen LogP contribution in [0.15, 0.2) is 0 Å². The number of nitrogens with zero attached hydrogens (tertiary/aromatic N) is 3. The highest BCUT2D eigenvalue weighted by molar-refractivity contribution is 4.78. The molecule has 0 saturated heterocycles. The van der Waals surface area contributed by atoms with Gasteiger partial charge in [-0.15, -0.1) is 0 Å². The lowest BCUT2D eigenvalue weighted by molar-refractivity contribution is 0.103. The van der Waals surface area contributed by atoms with Gasteiger partial charge < -0.3 is 9.80 Å². The summed E-state index contributed by atoms with van der Waals surface area (Å²) in [5.74, 6) is 0.715. The highest BCUT2D eigenvalue weighted by atomic mass is 15.2. The lowest BCUT2D eigenvalue weighted by Crippen LogP contribution is -2.49. The Hall–Kier alpha value is -0.120. The van der Waals surface area contributed by atoms with E-state index in [1.165, 1.54) is 19.6 Å². The summed E-state index contributed by atoms with van der Waals surface area (Å²) in [7, 11) is 0. The van der Waals surface area contributed by atoms with Crippen molar-refractivity contribution in [3.63, 3.8) is 0 Å². The molecule has 3 heteroatoms. The van der Waals surface area contributed by atoms with Crippen LogP contribution >= 0.6 is 0 Å². The van der Waals surface area contributed by atoms with Crippen molar-refractivity contribution in [3.05, 3.63) is 0 Å². The predicted octanol–water partition coefficient (Wildman–Crippen LogP) is 3.02. The number of rotatable bonds is 12. The molecule has 0 aromatic rings. The molecule has 0 aliphatic carbocycles. The Labute approximate surface area is 128 Å². The van der Waals surface area contributed by atoms with Gasteiger partial charge in [-0.25, -0.2) is 0 Å². The molecule has 0 bridgehead atoms. The quantitative estimate of drug-likeness (QED) is 0.546. The second-order valence-electron chi connectivity index (χ2n) is 5.95. The van der Waals surface area contributed by atoms with Gasteiger partial charge in [0, 0.05) is 25.7 Å². The maximum atomic E-state index is 2.68. The van der Waals surface area contributed by atoms with Crippen LogP contribution in [0.1, 0.15) is 48.5 Å². The summed E-state index contributed by atoms with van der Waals surface area (Å²) in [6.07, 6.45) is 0. The van der Waals surface area contributed by atoms with Gasteiger partial charge in [0.1, 0.15) is 0 Å². The van der Waals surface area contributed by atoms with Gasteiger partial charge in [0.05, 0.1) is 0 Å². The third-order valence-corrected chi connectivity index (χ3v) is 4.58. The van der Waals surface area contributed by atoms with E-state index in [0.717, 1.165) is 32.7 Å². The highest BCUT2D eigenvalue weighted by Crippen LogP contribution is 2.13. The normalized spacial score (nSPS) is 13.9. The van der Waals surface area contributed by atoms with Gasteiger partial charge in [-0.05, 0) is 38.6 Å². The van der Waals surface area contributed by atoms with Crippen LogP contribution in [0.4, 0.5) is 0 Å². The largest absolute Gasteiger partial charge is 0.303 e. The fourth-order valence-electron chi connectivity index (χ4n) is 2.86. The molecule has 1 unspecified atom stereocenters. The zero-order valence-electron chi connectivity index (χ0n) is 15.2. The van der Waals surface area contributed by atoms with Crippen LogP contribution in [0.2, 0.25) is 0 Å². The smallest absolute Gasteiger partial charge is 0.0246 e. The minimum absolute atomic E-state index is 0.676. The van der Waals surface area contributed by atoms with E-state index in [-0.39, 0.29) is 0 Å². The van der Waals surface area contributed by atoms with E-state index in [9.17, 15) is 0 Å². The molecular formula is C17H39N3.